The van der Waals surface area contributed by atoms with E-state index in [0.29, 0.717) is 0 Å². The fourth-order valence-electron chi connectivity index (χ4n) is 7.42. The monoisotopic (exact) mass is 716 g/mol. The van der Waals surface area contributed by atoms with Gasteiger partial charge in [-0.3, -0.25) is 0 Å². The molecule has 0 radical (unpaired) electrons. The highest BCUT2D eigenvalue weighted by atomic mass is 15.1. The SMILES string of the molecule is c1ccc(-c2ccc(N(c3ccccc3)c3cccc(-c4ccc(-c5cccc(N(c6ccccc6)c6ccc(-c7ccccc7)cc6)c5)cc4)c3)cc2)cc1. The molecule has 0 aromatic heterocycles. The predicted molar refractivity (Wildman–Crippen MR) is 238 cm³/mol. The molecule has 2 heteroatoms. The van der Waals surface area contributed by atoms with Crippen molar-refractivity contribution in [3.05, 3.63) is 243 Å². The lowest BCUT2D eigenvalue weighted by Gasteiger charge is -2.26. The smallest absolute Gasteiger partial charge is 0.0467 e. The van der Waals surface area contributed by atoms with Crippen molar-refractivity contribution in [2.75, 3.05) is 9.80 Å². The molecule has 0 unspecified atom stereocenters. The van der Waals surface area contributed by atoms with Gasteiger partial charge in [-0.15, -0.1) is 0 Å². The van der Waals surface area contributed by atoms with Crippen molar-refractivity contribution in [1.29, 1.82) is 0 Å². The molecule has 0 aliphatic heterocycles. The van der Waals surface area contributed by atoms with Crippen molar-refractivity contribution in [2.24, 2.45) is 0 Å². The Morgan fingerprint density at radius 1 is 0.161 bits per heavy atom. The second kappa shape index (κ2) is 15.9. The van der Waals surface area contributed by atoms with Gasteiger partial charge in [-0.2, -0.15) is 0 Å². The van der Waals surface area contributed by atoms with Crippen molar-refractivity contribution in [3.63, 3.8) is 0 Å². The molecule has 0 bridgehead atoms. The first-order valence-electron chi connectivity index (χ1n) is 19.1. The fourth-order valence-corrected chi connectivity index (χ4v) is 7.42. The number of rotatable bonds is 10. The third kappa shape index (κ3) is 7.37. The number of benzene rings is 9. The number of para-hydroxylation sites is 2. The summed E-state index contributed by atoms with van der Waals surface area (Å²) < 4.78 is 0. The number of hydrogen-bond donors (Lipinski definition) is 0. The second-order valence-electron chi connectivity index (χ2n) is 13.8. The zero-order valence-electron chi connectivity index (χ0n) is 31.0. The minimum absolute atomic E-state index is 1.11. The molecule has 0 fully saturated rings. The summed E-state index contributed by atoms with van der Waals surface area (Å²) in [5.74, 6) is 0. The largest absolute Gasteiger partial charge is 0.310 e. The van der Waals surface area contributed by atoms with Gasteiger partial charge in [-0.25, -0.2) is 0 Å². The standard InChI is InChI=1S/C54H40N2/c1-5-15-41(16-6-1)43-31-35-51(36-32-43)55(49-21-9-3-10-22-49)53-25-13-19-47(39-53)45-27-29-46(30-28-45)48-20-14-26-54(40-48)56(50-23-11-4-12-24-50)52-37-33-44(34-38-52)42-17-7-2-8-18-42/h1-40H. The summed E-state index contributed by atoms with van der Waals surface area (Å²) in [6, 6.07) is 86.5. The average Bonchev–Trinajstić information content (AvgIpc) is 3.29. The Balaban J connectivity index is 1.01. The van der Waals surface area contributed by atoms with Gasteiger partial charge in [0.2, 0.25) is 0 Å². The van der Waals surface area contributed by atoms with Crippen molar-refractivity contribution in [1.82, 2.24) is 0 Å². The summed E-state index contributed by atoms with van der Waals surface area (Å²) in [7, 11) is 0. The van der Waals surface area contributed by atoms with Crippen LogP contribution < -0.4 is 9.80 Å². The molecule has 0 saturated heterocycles. The summed E-state index contributed by atoms with van der Waals surface area (Å²) in [5.41, 5.74) is 16.2. The second-order valence-corrected chi connectivity index (χ2v) is 13.8. The number of nitrogens with zero attached hydrogens (tertiary/aromatic N) is 2. The van der Waals surface area contributed by atoms with Crippen LogP contribution in [-0.2, 0) is 0 Å². The summed E-state index contributed by atoms with van der Waals surface area (Å²) in [6.07, 6.45) is 0. The van der Waals surface area contributed by atoms with Crippen molar-refractivity contribution >= 4 is 34.1 Å². The molecule has 56 heavy (non-hydrogen) atoms. The van der Waals surface area contributed by atoms with Crippen LogP contribution in [0.15, 0.2) is 243 Å². The highest BCUT2D eigenvalue weighted by Crippen LogP contribution is 2.40. The van der Waals surface area contributed by atoms with E-state index < -0.39 is 0 Å². The van der Waals surface area contributed by atoms with E-state index in [1.165, 1.54) is 44.5 Å². The zero-order valence-corrected chi connectivity index (χ0v) is 31.0. The molecule has 9 aromatic carbocycles. The molecule has 0 saturated carbocycles. The molecule has 0 aliphatic rings. The van der Waals surface area contributed by atoms with Crippen molar-refractivity contribution in [3.8, 4) is 44.5 Å². The zero-order chi connectivity index (χ0) is 37.5. The molecule has 2 nitrogen and oxygen atoms in total. The van der Waals surface area contributed by atoms with E-state index in [-0.39, 0.29) is 0 Å². The van der Waals surface area contributed by atoms with Crippen molar-refractivity contribution < 1.29 is 0 Å². The fraction of sp³-hybridized carbons (Fsp3) is 0. The normalized spacial score (nSPS) is 10.9. The molecule has 0 atom stereocenters. The average molecular weight is 717 g/mol. The molecule has 0 heterocycles. The molecule has 9 aromatic rings. The Morgan fingerprint density at radius 3 is 0.750 bits per heavy atom. The van der Waals surface area contributed by atoms with Gasteiger partial charge >= 0.3 is 0 Å². The van der Waals surface area contributed by atoms with Crippen LogP contribution in [0.4, 0.5) is 34.1 Å². The van der Waals surface area contributed by atoms with E-state index in [1.54, 1.807) is 0 Å². The highest BCUT2D eigenvalue weighted by Gasteiger charge is 2.16. The molecular formula is C54H40N2. The lowest BCUT2D eigenvalue weighted by atomic mass is 9.99. The maximum atomic E-state index is 2.33. The highest BCUT2D eigenvalue weighted by molar-refractivity contribution is 5.84. The van der Waals surface area contributed by atoms with Gasteiger partial charge in [0.05, 0.1) is 0 Å². The molecule has 0 N–H and O–H groups in total. The Kier molecular flexibility index (Phi) is 9.75. The summed E-state index contributed by atoms with van der Waals surface area (Å²) >= 11 is 0. The van der Waals surface area contributed by atoms with Crippen LogP contribution in [-0.4, -0.2) is 0 Å². The molecule has 0 amide bonds. The van der Waals surface area contributed by atoms with Crippen LogP contribution in [0.5, 0.6) is 0 Å². The maximum absolute atomic E-state index is 2.33. The molecule has 9 rings (SSSR count). The Morgan fingerprint density at radius 2 is 0.393 bits per heavy atom. The van der Waals surface area contributed by atoms with Crippen LogP contribution in [0, 0.1) is 0 Å². The van der Waals surface area contributed by atoms with Gasteiger partial charge in [0.25, 0.3) is 0 Å². The van der Waals surface area contributed by atoms with Crippen LogP contribution in [0.1, 0.15) is 0 Å². The number of hydrogen-bond acceptors (Lipinski definition) is 2. The van der Waals surface area contributed by atoms with Crippen LogP contribution in [0.3, 0.4) is 0 Å². The third-order valence-corrected chi connectivity index (χ3v) is 10.3. The van der Waals surface area contributed by atoms with Gasteiger partial charge < -0.3 is 9.80 Å². The first-order valence-corrected chi connectivity index (χ1v) is 19.1. The first-order chi connectivity index (χ1) is 27.8. The third-order valence-electron chi connectivity index (χ3n) is 10.3. The van der Waals surface area contributed by atoms with E-state index in [4.69, 9.17) is 0 Å². The van der Waals surface area contributed by atoms with Crippen molar-refractivity contribution in [2.45, 2.75) is 0 Å². The van der Waals surface area contributed by atoms with E-state index in [0.717, 1.165) is 34.1 Å². The van der Waals surface area contributed by atoms with Gasteiger partial charge in [0.1, 0.15) is 0 Å². The summed E-state index contributed by atoms with van der Waals surface area (Å²) in [5, 5.41) is 0. The lowest BCUT2D eigenvalue weighted by molar-refractivity contribution is 1.28. The van der Waals surface area contributed by atoms with E-state index in [9.17, 15) is 0 Å². The quantitative estimate of drug-likeness (QED) is 0.139. The summed E-state index contributed by atoms with van der Waals surface area (Å²) in [4.78, 5) is 4.65. The minimum Gasteiger partial charge on any atom is -0.310 e. The minimum atomic E-state index is 1.11. The van der Waals surface area contributed by atoms with E-state index in [1.807, 2.05) is 0 Å². The van der Waals surface area contributed by atoms with Gasteiger partial charge in [-0.1, -0.05) is 170 Å². The first kappa shape index (κ1) is 34.4. The van der Waals surface area contributed by atoms with Crippen LogP contribution in [0.2, 0.25) is 0 Å². The molecular weight excluding hydrogens is 677 g/mol. The Hall–Kier alpha value is -7.42. The Labute approximate surface area is 329 Å². The van der Waals surface area contributed by atoms with Gasteiger partial charge in [-0.05, 0) is 117 Å². The molecule has 0 aliphatic carbocycles. The van der Waals surface area contributed by atoms with E-state index in [2.05, 4.69) is 252 Å². The van der Waals surface area contributed by atoms with E-state index >= 15 is 0 Å². The van der Waals surface area contributed by atoms with Gasteiger partial charge in [0.15, 0.2) is 0 Å². The molecule has 266 valence electrons. The van der Waals surface area contributed by atoms with Crippen LogP contribution >= 0.6 is 0 Å². The topological polar surface area (TPSA) is 6.48 Å². The maximum Gasteiger partial charge on any atom is 0.0467 e. The van der Waals surface area contributed by atoms with Crippen LogP contribution in [0.25, 0.3) is 44.5 Å². The number of anilines is 6. The molecule has 0 spiro atoms. The lowest BCUT2D eigenvalue weighted by Crippen LogP contribution is -2.09. The summed E-state index contributed by atoms with van der Waals surface area (Å²) in [6.45, 7) is 0. The van der Waals surface area contributed by atoms with Gasteiger partial charge in [0, 0.05) is 34.1 Å². The Bertz CT molecular complexity index is 2450. The predicted octanol–water partition coefficient (Wildman–Crippen LogP) is 15.3.